The van der Waals surface area contributed by atoms with Gasteiger partial charge in [-0.05, 0) is 55.5 Å². The summed E-state index contributed by atoms with van der Waals surface area (Å²) >= 11 is 0. The Morgan fingerprint density at radius 3 is 2.48 bits per heavy atom. The predicted octanol–water partition coefficient (Wildman–Crippen LogP) is 4.92. The fourth-order valence-electron chi connectivity index (χ4n) is 2.25. The molecule has 1 aromatic rings. The Bertz CT molecular complexity index is 381. The Morgan fingerprint density at radius 1 is 1.00 bits per heavy atom. The van der Waals surface area contributed by atoms with Crippen LogP contribution in [-0.2, 0) is 5.41 Å². The smallest absolute Gasteiger partial charge is 0.119 e. The molecule has 1 rings (SSSR count). The third-order valence-electron chi connectivity index (χ3n) is 3.64. The normalized spacial score (nSPS) is 11.6. The fraction of sp³-hybridized carbons (Fsp3) is 0.684. The summed E-state index contributed by atoms with van der Waals surface area (Å²) in [6.07, 6.45) is 6.20. The van der Waals surface area contributed by atoms with Gasteiger partial charge in [0.15, 0.2) is 0 Å². The van der Waals surface area contributed by atoms with Crippen molar-refractivity contribution in [3.8, 4) is 5.75 Å². The molecule has 0 unspecified atom stereocenters. The maximum absolute atomic E-state index is 5.87. The largest absolute Gasteiger partial charge is 0.494 e. The van der Waals surface area contributed by atoms with Crippen molar-refractivity contribution in [2.45, 2.75) is 65.2 Å². The second-order valence-electron chi connectivity index (χ2n) is 6.79. The van der Waals surface area contributed by atoms with Gasteiger partial charge in [0.05, 0.1) is 6.61 Å². The first kappa shape index (κ1) is 18.0. The van der Waals surface area contributed by atoms with Crippen LogP contribution in [0.4, 0.5) is 0 Å². The van der Waals surface area contributed by atoms with E-state index in [0.29, 0.717) is 0 Å². The standard InChI is InChI=1S/C19H33NO/c1-5-13-20-14-8-6-7-9-15-21-18-12-10-11-17(16-18)19(2,3)4/h10-12,16,20H,5-9,13-15H2,1-4H3. The van der Waals surface area contributed by atoms with Crippen molar-refractivity contribution in [3.63, 3.8) is 0 Å². The summed E-state index contributed by atoms with van der Waals surface area (Å²) in [7, 11) is 0. The molecule has 0 saturated heterocycles. The Hall–Kier alpha value is -1.02. The van der Waals surface area contributed by atoms with Crippen LogP contribution in [0.1, 0.15) is 65.4 Å². The number of nitrogens with one attached hydrogen (secondary N) is 1. The molecule has 120 valence electrons. The summed E-state index contributed by atoms with van der Waals surface area (Å²) in [4.78, 5) is 0. The second kappa shape index (κ2) is 9.83. The molecule has 0 saturated carbocycles. The first-order valence-corrected chi connectivity index (χ1v) is 8.48. The topological polar surface area (TPSA) is 21.3 Å². The van der Waals surface area contributed by atoms with Crippen LogP contribution in [0.3, 0.4) is 0 Å². The monoisotopic (exact) mass is 291 g/mol. The number of rotatable bonds is 10. The first-order valence-electron chi connectivity index (χ1n) is 8.48. The van der Waals surface area contributed by atoms with E-state index in [1.807, 2.05) is 0 Å². The van der Waals surface area contributed by atoms with E-state index in [2.05, 4.69) is 57.3 Å². The number of hydrogen-bond donors (Lipinski definition) is 1. The summed E-state index contributed by atoms with van der Waals surface area (Å²) < 4.78 is 5.87. The van der Waals surface area contributed by atoms with Crippen molar-refractivity contribution < 1.29 is 4.74 Å². The highest BCUT2D eigenvalue weighted by Crippen LogP contribution is 2.25. The van der Waals surface area contributed by atoms with E-state index >= 15 is 0 Å². The Morgan fingerprint density at radius 2 is 1.76 bits per heavy atom. The van der Waals surface area contributed by atoms with E-state index in [0.717, 1.165) is 31.9 Å². The summed E-state index contributed by atoms with van der Waals surface area (Å²) in [5.41, 5.74) is 1.52. The van der Waals surface area contributed by atoms with Crippen molar-refractivity contribution in [2.24, 2.45) is 0 Å². The number of hydrogen-bond acceptors (Lipinski definition) is 2. The van der Waals surface area contributed by atoms with Gasteiger partial charge in [0.1, 0.15) is 5.75 Å². The Kier molecular flexibility index (Phi) is 8.44. The van der Waals surface area contributed by atoms with Crippen LogP contribution in [0.5, 0.6) is 5.75 Å². The van der Waals surface area contributed by atoms with Gasteiger partial charge in [-0.3, -0.25) is 0 Å². The lowest BCUT2D eigenvalue weighted by Crippen LogP contribution is -2.15. The lowest BCUT2D eigenvalue weighted by molar-refractivity contribution is 0.303. The van der Waals surface area contributed by atoms with Crippen LogP contribution >= 0.6 is 0 Å². The van der Waals surface area contributed by atoms with E-state index in [-0.39, 0.29) is 5.41 Å². The summed E-state index contributed by atoms with van der Waals surface area (Å²) in [5, 5.41) is 3.44. The van der Waals surface area contributed by atoms with Gasteiger partial charge in [-0.25, -0.2) is 0 Å². The molecule has 0 aromatic heterocycles. The molecule has 0 heterocycles. The molecule has 2 heteroatoms. The minimum Gasteiger partial charge on any atom is -0.494 e. The van der Waals surface area contributed by atoms with Crippen LogP contribution in [0.25, 0.3) is 0 Å². The highest BCUT2D eigenvalue weighted by Gasteiger charge is 2.13. The minimum atomic E-state index is 0.185. The minimum absolute atomic E-state index is 0.185. The van der Waals surface area contributed by atoms with Gasteiger partial charge >= 0.3 is 0 Å². The van der Waals surface area contributed by atoms with Crippen LogP contribution in [-0.4, -0.2) is 19.7 Å². The van der Waals surface area contributed by atoms with Gasteiger partial charge in [0.25, 0.3) is 0 Å². The third-order valence-corrected chi connectivity index (χ3v) is 3.64. The highest BCUT2D eigenvalue weighted by molar-refractivity contribution is 5.32. The van der Waals surface area contributed by atoms with Crippen LogP contribution in [0, 0.1) is 0 Å². The molecule has 0 radical (unpaired) electrons. The molecule has 0 atom stereocenters. The molecule has 0 amide bonds. The average molecular weight is 291 g/mol. The lowest BCUT2D eigenvalue weighted by Gasteiger charge is -2.19. The average Bonchev–Trinajstić information content (AvgIpc) is 2.45. The molecule has 1 N–H and O–H groups in total. The summed E-state index contributed by atoms with van der Waals surface area (Å²) in [6, 6.07) is 8.50. The summed E-state index contributed by atoms with van der Waals surface area (Å²) in [6.45, 7) is 12.0. The molecular weight excluding hydrogens is 258 g/mol. The molecule has 0 aliphatic rings. The molecule has 1 aromatic carbocycles. The van der Waals surface area contributed by atoms with E-state index < -0.39 is 0 Å². The van der Waals surface area contributed by atoms with Gasteiger partial charge in [-0.1, -0.05) is 52.7 Å². The molecular formula is C19H33NO. The van der Waals surface area contributed by atoms with Crippen LogP contribution in [0.15, 0.2) is 24.3 Å². The summed E-state index contributed by atoms with van der Waals surface area (Å²) in [5.74, 6) is 1.01. The zero-order valence-electron chi connectivity index (χ0n) is 14.4. The SMILES string of the molecule is CCCNCCCCCCOc1cccc(C(C)(C)C)c1. The quantitative estimate of drug-likeness (QED) is 0.618. The molecule has 0 aliphatic carbocycles. The second-order valence-corrected chi connectivity index (χ2v) is 6.79. The zero-order valence-corrected chi connectivity index (χ0v) is 14.4. The zero-order chi connectivity index (χ0) is 15.6. The number of unbranched alkanes of at least 4 members (excludes halogenated alkanes) is 3. The molecule has 0 bridgehead atoms. The predicted molar refractivity (Wildman–Crippen MR) is 92.3 cm³/mol. The first-order chi connectivity index (χ1) is 10.0. The van der Waals surface area contributed by atoms with E-state index in [1.165, 1.54) is 31.2 Å². The lowest BCUT2D eigenvalue weighted by atomic mass is 9.87. The van der Waals surface area contributed by atoms with Crippen molar-refractivity contribution >= 4 is 0 Å². The maximum atomic E-state index is 5.87. The van der Waals surface area contributed by atoms with Crippen molar-refractivity contribution in [1.82, 2.24) is 5.32 Å². The number of ether oxygens (including phenoxy) is 1. The van der Waals surface area contributed by atoms with Crippen molar-refractivity contribution in [3.05, 3.63) is 29.8 Å². The van der Waals surface area contributed by atoms with Crippen molar-refractivity contribution in [1.29, 1.82) is 0 Å². The van der Waals surface area contributed by atoms with Gasteiger partial charge < -0.3 is 10.1 Å². The third kappa shape index (κ3) is 8.11. The van der Waals surface area contributed by atoms with Gasteiger partial charge in [0, 0.05) is 0 Å². The molecule has 21 heavy (non-hydrogen) atoms. The van der Waals surface area contributed by atoms with Gasteiger partial charge in [0.2, 0.25) is 0 Å². The van der Waals surface area contributed by atoms with Crippen LogP contribution in [0.2, 0.25) is 0 Å². The Labute approximate surface area is 131 Å². The van der Waals surface area contributed by atoms with Gasteiger partial charge in [-0.2, -0.15) is 0 Å². The fourth-order valence-corrected chi connectivity index (χ4v) is 2.25. The van der Waals surface area contributed by atoms with Crippen LogP contribution < -0.4 is 10.1 Å². The van der Waals surface area contributed by atoms with Crippen molar-refractivity contribution in [2.75, 3.05) is 19.7 Å². The highest BCUT2D eigenvalue weighted by atomic mass is 16.5. The van der Waals surface area contributed by atoms with E-state index in [4.69, 9.17) is 4.74 Å². The van der Waals surface area contributed by atoms with Gasteiger partial charge in [-0.15, -0.1) is 0 Å². The molecule has 0 spiro atoms. The molecule has 0 fully saturated rings. The molecule has 2 nitrogen and oxygen atoms in total. The maximum Gasteiger partial charge on any atom is 0.119 e. The van der Waals surface area contributed by atoms with E-state index in [1.54, 1.807) is 0 Å². The Balaban J connectivity index is 2.13. The molecule has 0 aliphatic heterocycles. The van der Waals surface area contributed by atoms with E-state index in [9.17, 15) is 0 Å². The number of benzene rings is 1.